The Morgan fingerprint density at radius 3 is 2.65 bits per heavy atom. The standard InChI is InChI=1S/C15H26N2O2S/c1-11(17-14(18)19-15(3,4)5)6-8-16-12(2)13-7-9-20-10-13/h7,9-12,16H,6,8H2,1-5H3,(H,17,18). The SMILES string of the molecule is CC(CCNC(C)c1ccsc1)NC(=O)OC(C)(C)C. The van der Waals surface area contributed by atoms with E-state index in [2.05, 4.69) is 34.4 Å². The van der Waals surface area contributed by atoms with E-state index in [9.17, 15) is 4.79 Å². The van der Waals surface area contributed by atoms with Gasteiger partial charge in [-0.05, 0) is 70.0 Å². The van der Waals surface area contributed by atoms with Crippen molar-refractivity contribution in [3.8, 4) is 0 Å². The number of ether oxygens (including phenoxy) is 1. The molecule has 0 spiro atoms. The first kappa shape index (κ1) is 17.0. The number of nitrogens with one attached hydrogen (secondary N) is 2. The second-order valence-corrected chi connectivity index (χ2v) is 6.85. The first-order valence-corrected chi connectivity index (χ1v) is 7.97. The number of hydrogen-bond acceptors (Lipinski definition) is 4. The van der Waals surface area contributed by atoms with Crippen LogP contribution in [-0.2, 0) is 4.74 Å². The lowest BCUT2D eigenvalue weighted by Gasteiger charge is -2.22. The molecule has 2 unspecified atom stereocenters. The van der Waals surface area contributed by atoms with Crippen LogP contribution in [0.2, 0.25) is 0 Å². The Morgan fingerprint density at radius 1 is 1.40 bits per heavy atom. The molecule has 1 amide bonds. The van der Waals surface area contributed by atoms with Crippen LogP contribution in [0.4, 0.5) is 4.79 Å². The largest absolute Gasteiger partial charge is 0.444 e. The summed E-state index contributed by atoms with van der Waals surface area (Å²) >= 11 is 1.71. The van der Waals surface area contributed by atoms with Crippen LogP contribution in [0.1, 0.15) is 52.6 Å². The maximum absolute atomic E-state index is 11.6. The highest BCUT2D eigenvalue weighted by Crippen LogP contribution is 2.15. The number of hydrogen-bond donors (Lipinski definition) is 2. The Hall–Kier alpha value is -1.07. The van der Waals surface area contributed by atoms with Crippen molar-refractivity contribution in [3.05, 3.63) is 22.4 Å². The molecular weight excluding hydrogens is 272 g/mol. The topological polar surface area (TPSA) is 50.4 Å². The number of rotatable bonds is 6. The predicted octanol–water partition coefficient (Wildman–Crippen LogP) is 3.70. The third kappa shape index (κ3) is 6.91. The Morgan fingerprint density at radius 2 is 2.10 bits per heavy atom. The molecule has 0 aliphatic carbocycles. The van der Waals surface area contributed by atoms with Gasteiger partial charge < -0.3 is 15.4 Å². The lowest BCUT2D eigenvalue weighted by atomic mass is 10.1. The summed E-state index contributed by atoms with van der Waals surface area (Å²) in [4.78, 5) is 11.6. The molecule has 0 saturated carbocycles. The minimum atomic E-state index is -0.449. The molecule has 0 fully saturated rings. The van der Waals surface area contributed by atoms with Crippen molar-refractivity contribution < 1.29 is 9.53 Å². The second-order valence-electron chi connectivity index (χ2n) is 6.07. The van der Waals surface area contributed by atoms with Crippen LogP contribution in [0.15, 0.2) is 16.8 Å². The summed E-state index contributed by atoms with van der Waals surface area (Å²) in [5.74, 6) is 0. The fraction of sp³-hybridized carbons (Fsp3) is 0.667. The van der Waals surface area contributed by atoms with Gasteiger partial charge in [-0.3, -0.25) is 0 Å². The van der Waals surface area contributed by atoms with Crippen molar-refractivity contribution in [3.63, 3.8) is 0 Å². The quantitative estimate of drug-likeness (QED) is 0.842. The van der Waals surface area contributed by atoms with Crippen molar-refractivity contribution >= 4 is 17.4 Å². The Labute approximate surface area is 125 Å². The molecule has 114 valence electrons. The monoisotopic (exact) mass is 298 g/mol. The highest BCUT2D eigenvalue weighted by molar-refractivity contribution is 7.07. The van der Waals surface area contributed by atoms with Gasteiger partial charge in [0.2, 0.25) is 0 Å². The van der Waals surface area contributed by atoms with Crippen molar-refractivity contribution in [1.82, 2.24) is 10.6 Å². The highest BCUT2D eigenvalue weighted by atomic mass is 32.1. The lowest BCUT2D eigenvalue weighted by molar-refractivity contribution is 0.0506. The number of thiophene rings is 1. The van der Waals surface area contributed by atoms with E-state index in [1.807, 2.05) is 27.7 Å². The first-order valence-electron chi connectivity index (χ1n) is 7.03. The van der Waals surface area contributed by atoms with Crippen LogP contribution >= 0.6 is 11.3 Å². The molecule has 1 aromatic heterocycles. The van der Waals surface area contributed by atoms with Gasteiger partial charge in [-0.2, -0.15) is 11.3 Å². The predicted molar refractivity (Wildman–Crippen MR) is 84.2 cm³/mol. The summed E-state index contributed by atoms with van der Waals surface area (Å²) in [6, 6.07) is 2.56. The van der Waals surface area contributed by atoms with Crippen molar-refractivity contribution in [2.24, 2.45) is 0 Å². The Balaban J connectivity index is 2.20. The van der Waals surface area contributed by atoms with E-state index in [4.69, 9.17) is 4.74 Å². The summed E-state index contributed by atoms with van der Waals surface area (Å²) in [5.41, 5.74) is 0.859. The average molecular weight is 298 g/mol. The number of carbonyl (C=O) groups excluding carboxylic acids is 1. The molecule has 2 N–H and O–H groups in total. The molecule has 20 heavy (non-hydrogen) atoms. The molecular formula is C15H26N2O2S. The fourth-order valence-electron chi connectivity index (χ4n) is 1.74. The van der Waals surface area contributed by atoms with Gasteiger partial charge in [0, 0.05) is 12.1 Å². The zero-order valence-electron chi connectivity index (χ0n) is 13.0. The number of carbonyl (C=O) groups is 1. The van der Waals surface area contributed by atoms with Crippen molar-refractivity contribution in [1.29, 1.82) is 0 Å². The van der Waals surface area contributed by atoms with Gasteiger partial charge in [0.15, 0.2) is 0 Å². The van der Waals surface area contributed by atoms with E-state index in [1.54, 1.807) is 11.3 Å². The molecule has 0 aliphatic rings. The molecule has 2 atom stereocenters. The van der Waals surface area contributed by atoms with Gasteiger partial charge >= 0.3 is 6.09 Å². The lowest BCUT2D eigenvalue weighted by Crippen LogP contribution is -2.39. The van der Waals surface area contributed by atoms with Crippen LogP contribution in [0, 0.1) is 0 Å². The van der Waals surface area contributed by atoms with Gasteiger partial charge in [0.05, 0.1) is 0 Å². The first-order chi connectivity index (χ1) is 9.28. The second kappa shape index (κ2) is 7.64. The smallest absolute Gasteiger partial charge is 0.407 e. The maximum Gasteiger partial charge on any atom is 0.407 e. The molecule has 0 radical (unpaired) electrons. The summed E-state index contributed by atoms with van der Waals surface area (Å²) in [7, 11) is 0. The van der Waals surface area contributed by atoms with Crippen molar-refractivity contribution in [2.45, 2.75) is 58.7 Å². The molecule has 4 nitrogen and oxygen atoms in total. The van der Waals surface area contributed by atoms with Crippen LogP contribution in [0.3, 0.4) is 0 Å². The zero-order chi connectivity index (χ0) is 15.2. The normalized spacial score (nSPS) is 14.7. The fourth-order valence-corrected chi connectivity index (χ4v) is 2.49. The maximum atomic E-state index is 11.6. The van der Waals surface area contributed by atoms with Gasteiger partial charge in [0.25, 0.3) is 0 Å². The van der Waals surface area contributed by atoms with E-state index < -0.39 is 5.60 Å². The van der Waals surface area contributed by atoms with E-state index in [1.165, 1.54) is 5.56 Å². The number of amides is 1. The van der Waals surface area contributed by atoms with Gasteiger partial charge in [-0.1, -0.05) is 0 Å². The van der Waals surface area contributed by atoms with E-state index in [0.717, 1.165) is 13.0 Å². The van der Waals surface area contributed by atoms with E-state index in [0.29, 0.717) is 6.04 Å². The Bertz CT molecular complexity index is 399. The average Bonchev–Trinajstić information content (AvgIpc) is 2.78. The van der Waals surface area contributed by atoms with E-state index >= 15 is 0 Å². The summed E-state index contributed by atoms with van der Waals surface area (Å²) < 4.78 is 5.23. The molecule has 1 rings (SSSR count). The van der Waals surface area contributed by atoms with E-state index in [-0.39, 0.29) is 12.1 Å². The third-order valence-electron chi connectivity index (χ3n) is 2.83. The number of alkyl carbamates (subject to hydrolysis) is 1. The molecule has 0 aliphatic heterocycles. The van der Waals surface area contributed by atoms with Crippen LogP contribution in [0.5, 0.6) is 0 Å². The van der Waals surface area contributed by atoms with Crippen LogP contribution in [0.25, 0.3) is 0 Å². The van der Waals surface area contributed by atoms with Crippen molar-refractivity contribution in [2.75, 3.05) is 6.54 Å². The van der Waals surface area contributed by atoms with Gasteiger partial charge in [-0.25, -0.2) is 4.79 Å². The summed E-state index contributed by atoms with van der Waals surface area (Å²) in [5, 5.41) is 10.5. The molecule has 0 bridgehead atoms. The highest BCUT2D eigenvalue weighted by Gasteiger charge is 2.17. The van der Waals surface area contributed by atoms with Gasteiger partial charge in [0.1, 0.15) is 5.60 Å². The third-order valence-corrected chi connectivity index (χ3v) is 3.54. The molecule has 0 aromatic carbocycles. The van der Waals surface area contributed by atoms with Crippen LogP contribution < -0.4 is 10.6 Å². The summed E-state index contributed by atoms with van der Waals surface area (Å²) in [6.07, 6.45) is 0.518. The molecule has 1 heterocycles. The van der Waals surface area contributed by atoms with Gasteiger partial charge in [-0.15, -0.1) is 0 Å². The summed E-state index contributed by atoms with van der Waals surface area (Å²) in [6.45, 7) is 10.6. The molecule has 5 heteroatoms. The Kier molecular flexibility index (Phi) is 6.49. The molecule has 0 saturated heterocycles. The molecule has 1 aromatic rings. The minimum absolute atomic E-state index is 0.0898. The zero-order valence-corrected chi connectivity index (χ0v) is 13.8. The van der Waals surface area contributed by atoms with Crippen LogP contribution in [-0.4, -0.2) is 24.3 Å². The minimum Gasteiger partial charge on any atom is -0.444 e.